The number of carbonyl (C=O) groups is 3. The van der Waals surface area contributed by atoms with E-state index in [1.165, 1.54) is 13.2 Å². The van der Waals surface area contributed by atoms with Gasteiger partial charge in [0.25, 0.3) is 5.91 Å². The van der Waals surface area contributed by atoms with Crippen molar-refractivity contribution in [2.75, 3.05) is 19.0 Å². The Kier molecular flexibility index (Phi) is 7.84. The molecule has 0 unspecified atom stereocenters. The fraction of sp³-hybridized carbons (Fsp3) is 0.129. The van der Waals surface area contributed by atoms with Crippen LogP contribution in [0.15, 0.2) is 89.0 Å². The average Bonchev–Trinajstić information content (AvgIpc) is 3.20. The second-order valence-corrected chi connectivity index (χ2v) is 10.1. The third-order valence-electron chi connectivity index (χ3n) is 6.41. The van der Waals surface area contributed by atoms with E-state index in [0.29, 0.717) is 33.8 Å². The summed E-state index contributed by atoms with van der Waals surface area (Å²) in [5.74, 6) is -0.112. The number of benzene rings is 4. The van der Waals surface area contributed by atoms with Crippen LogP contribution >= 0.6 is 15.9 Å². The number of nitrogens with one attached hydrogen (secondary N) is 2. The molecule has 0 saturated carbocycles. The molecule has 1 heterocycles. The zero-order chi connectivity index (χ0) is 28.2. The lowest BCUT2D eigenvalue weighted by Gasteiger charge is -2.14. The number of rotatable bonds is 8. The van der Waals surface area contributed by atoms with E-state index >= 15 is 0 Å². The summed E-state index contributed by atoms with van der Waals surface area (Å²) in [7, 11) is 1.53. The van der Waals surface area contributed by atoms with Gasteiger partial charge in [-0.05, 0) is 64.7 Å². The van der Waals surface area contributed by atoms with Crippen molar-refractivity contribution in [2.45, 2.75) is 13.5 Å². The van der Waals surface area contributed by atoms with Crippen LogP contribution in [-0.2, 0) is 16.2 Å². The van der Waals surface area contributed by atoms with E-state index in [1.807, 2.05) is 43.3 Å². The van der Waals surface area contributed by atoms with E-state index in [1.54, 1.807) is 24.3 Å². The number of ether oxygens (including phenoxy) is 2. The Morgan fingerprint density at radius 2 is 1.77 bits per heavy atom. The molecule has 1 fully saturated rings. The van der Waals surface area contributed by atoms with Crippen molar-refractivity contribution in [3.63, 3.8) is 0 Å². The smallest absolute Gasteiger partial charge is 0.329 e. The van der Waals surface area contributed by atoms with Gasteiger partial charge < -0.3 is 20.1 Å². The van der Waals surface area contributed by atoms with Crippen molar-refractivity contribution < 1.29 is 23.9 Å². The van der Waals surface area contributed by atoms with Gasteiger partial charge in [0.05, 0.1) is 7.11 Å². The van der Waals surface area contributed by atoms with Gasteiger partial charge in [-0.1, -0.05) is 70.5 Å². The van der Waals surface area contributed by atoms with Gasteiger partial charge in [-0.3, -0.25) is 9.59 Å². The highest BCUT2D eigenvalue weighted by Gasteiger charge is 2.35. The SMILES string of the molecule is COc1cc(/C=C2/NC(=O)N(CC(=O)Nc3cccc(C)c3)C2=O)c(Br)cc1OCc1cccc2ccccc12. The predicted octanol–water partition coefficient (Wildman–Crippen LogP) is 6.03. The molecule has 202 valence electrons. The summed E-state index contributed by atoms with van der Waals surface area (Å²) >= 11 is 3.54. The van der Waals surface area contributed by atoms with E-state index in [4.69, 9.17) is 9.47 Å². The first-order valence-electron chi connectivity index (χ1n) is 12.5. The third-order valence-corrected chi connectivity index (χ3v) is 7.10. The van der Waals surface area contributed by atoms with Crippen molar-refractivity contribution in [1.29, 1.82) is 0 Å². The fourth-order valence-electron chi connectivity index (χ4n) is 4.45. The lowest BCUT2D eigenvalue weighted by Crippen LogP contribution is -2.38. The van der Waals surface area contributed by atoms with Crippen LogP contribution in [0.2, 0.25) is 0 Å². The maximum absolute atomic E-state index is 13.0. The molecule has 0 bridgehead atoms. The minimum absolute atomic E-state index is 0.0422. The van der Waals surface area contributed by atoms with Crippen molar-refractivity contribution >= 4 is 56.3 Å². The largest absolute Gasteiger partial charge is 0.493 e. The Hall–Kier alpha value is -4.63. The highest BCUT2D eigenvalue weighted by Crippen LogP contribution is 2.36. The number of halogens is 1. The molecule has 0 spiro atoms. The van der Waals surface area contributed by atoms with Crippen LogP contribution in [0.5, 0.6) is 11.5 Å². The van der Waals surface area contributed by atoms with Crippen LogP contribution in [0.4, 0.5) is 10.5 Å². The van der Waals surface area contributed by atoms with Crippen LogP contribution in [0.3, 0.4) is 0 Å². The number of amides is 4. The Balaban J connectivity index is 1.31. The number of hydrogen-bond acceptors (Lipinski definition) is 5. The number of fused-ring (bicyclic) bond motifs is 1. The van der Waals surface area contributed by atoms with Crippen molar-refractivity contribution in [2.24, 2.45) is 0 Å². The van der Waals surface area contributed by atoms with E-state index < -0.39 is 24.4 Å². The minimum atomic E-state index is -0.672. The lowest BCUT2D eigenvalue weighted by atomic mass is 10.1. The first-order valence-corrected chi connectivity index (χ1v) is 13.3. The molecule has 40 heavy (non-hydrogen) atoms. The molecule has 5 rings (SSSR count). The third kappa shape index (κ3) is 5.84. The van der Waals surface area contributed by atoms with Gasteiger partial charge >= 0.3 is 6.03 Å². The number of nitrogens with zero attached hydrogens (tertiary/aromatic N) is 1. The quantitative estimate of drug-likeness (QED) is 0.190. The Bertz CT molecular complexity index is 1660. The maximum atomic E-state index is 13.0. The van der Waals surface area contributed by atoms with Crippen LogP contribution in [0.1, 0.15) is 16.7 Å². The van der Waals surface area contributed by atoms with Crippen LogP contribution in [0.25, 0.3) is 16.8 Å². The van der Waals surface area contributed by atoms with E-state index in [2.05, 4.69) is 44.8 Å². The summed E-state index contributed by atoms with van der Waals surface area (Å²) in [5.41, 5.74) is 3.23. The second-order valence-electron chi connectivity index (χ2n) is 9.25. The summed E-state index contributed by atoms with van der Waals surface area (Å²) < 4.78 is 12.3. The maximum Gasteiger partial charge on any atom is 0.329 e. The first kappa shape index (κ1) is 27.0. The Morgan fingerprint density at radius 3 is 2.58 bits per heavy atom. The highest BCUT2D eigenvalue weighted by atomic mass is 79.9. The molecule has 1 aliphatic rings. The van der Waals surface area contributed by atoms with E-state index in [0.717, 1.165) is 26.8 Å². The topological polar surface area (TPSA) is 97.0 Å². The Morgan fingerprint density at radius 1 is 1.00 bits per heavy atom. The molecule has 0 radical (unpaired) electrons. The molecule has 2 N–H and O–H groups in total. The van der Waals surface area contributed by atoms with Crippen LogP contribution in [-0.4, -0.2) is 36.4 Å². The molecule has 0 atom stereocenters. The van der Waals surface area contributed by atoms with Gasteiger partial charge in [-0.2, -0.15) is 0 Å². The highest BCUT2D eigenvalue weighted by molar-refractivity contribution is 9.10. The minimum Gasteiger partial charge on any atom is -0.493 e. The van der Waals surface area contributed by atoms with Gasteiger partial charge in [0.2, 0.25) is 5.91 Å². The van der Waals surface area contributed by atoms with E-state index in [9.17, 15) is 14.4 Å². The summed E-state index contributed by atoms with van der Waals surface area (Å²) in [6.07, 6.45) is 1.53. The number of anilines is 1. The number of methoxy groups -OCH3 is 1. The molecule has 9 heteroatoms. The molecule has 4 amide bonds. The summed E-state index contributed by atoms with van der Waals surface area (Å²) in [4.78, 5) is 38.9. The summed E-state index contributed by atoms with van der Waals surface area (Å²) in [5, 5.41) is 7.49. The molecule has 4 aromatic carbocycles. The monoisotopic (exact) mass is 599 g/mol. The number of imide groups is 1. The normalized spacial score (nSPS) is 14.0. The number of aryl methyl sites for hydroxylation is 1. The summed E-state index contributed by atoms with van der Waals surface area (Å²) in [6.45, 7) is 1.82. The van der Waals surface area contributed by atoms with Gasteiger partial charge in [0.15, 0.2) is 11.5 Å². The number of urea groups is 1. The van der Waals surface area contributed by atoms with Crippen molar-refractivity contribution in [1.82, 2.24) is 10.2 Å². The van der Waals surface area contributed by atoms with Crippen molar-refractivity contribution in [3.8, 4) is 11.5 Å². The molecule has 1 saturated heterocycles. The van der Waals surface area contributed by atoms with Gasteiger partial charge in [-0.25, -0.2) is 9.69 Å². The zero-order valence-electron chi connectivity index (χ0n) is 21.9. The van der Waals surface area contributed by atoms with Crippen LogP contribution < -0.4 is 20.1 Å². The van der Waals surface area contributed by atoms with E-state index in [-0.39, 0.29) is 5.70 Å². The standard InChI is InChI=1S/C31H26BrN3O5/c1-19-7-5-11-23(13-19)33-29(36)17-35-30(37)26(34-31(35)38)14-22-15-27(39-2)28(16-25(22)32)40-18-21-10-6-9-20-8-3-4-12-24(20)21/h3-16H,17-18H2,1-2H3,(H,33,36)(H,34,38)/b26-14+. The van der Waals surface area contributed by atoms with Crippen LogP contribution in [0, 0.1) is 6.92 Å². The number of carbonyl (C=O) groups excluding carboxylic acids is 3. The molecule has 0 aromatic heterocycles. The fourth-order valence-corrected chi connectivity index (χ4v) is 4.88. The molecule has 8 nitrogen and oxygen atoms in total. The predicted molar refractivity (Wildman–Crippen MR) is 157 cm³/mol. The molecule has 0 aliphatic carbocycles. The molecular formula is C31H26BrN3O5. The zero-order valence-corrected chi connectivity index (χ0v) is 23.4. The molecular weight excluding hydrogens is 574 g/mol. The first-order chi connectivity index (χ1) is 19.3. The van der Waals surface area contributed by atoms with Crippen molar-refractivity contribution in [3.05, 3.63) is 106 Å². The Labute approximate surface area is 239 Å². The lowest BCUT2D eigenvalue weighted by molar-refractivity contribution is -0.127. The second kappa shape index (κ2) is 11.6. The van der Waals surface area contributed by atoms with Gasteiger partial charge in [0.1, 0.15) is 18.8 Å². The molecule has 1 aliphatic heterocycles. The molecule has 4 aromatic rings. The van der Waals surface area contributed by atoms with Gasteiger partial charge in [-0.15, -0.1) is 0 Å². The average molecular weight is 600 g/mol. The number of hydrogen-bond donors (Lipinski definition) is 2. The summed E-state index contributed by atoms with van der Waals surface area (Å²) in [6, 6.07) is 24.2. The van der Waals surface area contributed by atoms with Gasteiger partial charge in [0, 0.05) is 10.2 Å².